The zero-order valence-corrected chi connectivity index (χ0v) is 16.5. The maximum absolute atomic E-state index is 10.2. The fourth-order valence-electron chi connectivity index (χ4n) is 3.12. The SMILES string of the molecule is C=C(C)[O-].OC[C@H]1O[C@@H]([n+]2c[nH]c3c(NCc4ccccc4)ncnc32)[C@@H](O)[C@H]1O. The van der Waals surface area contributed by atoms with Crippen LogP contribution in [0, 0.1) is 0 Å². The van der Waals surface area contributed by atoms with Gasteiger partial charge in [-0.2, -0.15) is 4.98 Å². The third kappa shape index (κ3) is 4.74. The van der Waals surface area contributed by atoms with Crippen molar-refractivity contribution in [2.24, 2.45) is 0 Å². The summed E-state index contributed by atoms with van der Waals surface area (Å²) in [6.45, 7) is 4.64. The third-order valence-electron chi connectivity index (χ3n) is 4.51. The number of aliphatic hydroxyl groups is 3. The van der Waals surface area contributed by atoms with E-state index in [-0.39, 0.29) is 12.4 Å². The van der Waals surface area contributed by atoms with Crippen LogP contribution >= 0.6 is 0 Å². The second-order valence-electron chi connectivity index (χ2n) is 6.87. The summed E-state index contributed by atoms with van der Waals surface area (Å²) in [7, 11) is 0. The lowest BCUT2D eigenvalue weighted by atomic mass is 10.1. The molecule has 1 aliphatic heterocycles. The van der Waals surface area contributed by atoms with Gasteiger partial charge in [0.1, 0.15) is 18.3 Å². The van der Waals surface area contributed by atoms with Crippen molar-refractivity contribution in [1.29, 1.82) is 0 Å². The number of aromatic nitrogens is 4. The van der Waals surface area contributed by atoms with E-state index in [0.717, 1.165) is 5.56 Å². The van der Waals surface area contributed by atoms with Gasteiger partial charge in [-0.25, -0.2) is 4.57 Å². The zero-order chi connectivity index (χ0) is 21.7. The second-order valence-corrected chi connectivity index (χ2v) is 6.87. The number of H-pyrrole nitrogens is 1. The van der Waals surface area contributed by atoms with Crippen molar-refractivity contribution in [3.05, 3.63) is 60.9 Å². The molecule has 0 bridgehead atoms. The van der Waals surface area contributed by atoms with Crippen LogP contribution in [-0.2, 0) is 11.3 Å². The number of hydrogen-bond donors (Lipinski definition) is 5. The Morgan fingerprint density at radius 3 is 2.60 bits per heavy atom. The number of benzene rings is 1. The van der Waals surface area contributed by atoms with Gasteiger partial charge in [0.15, 0.2) is 18.5 Å². The molecule has 30 heavy (non-hydrogen) atoms. The third-order valence-corrected chi connectivity index (χ3v) is 4.51. The number of nitrogens with zero attached hydrogens (tertiary/aromatic N) is 3. The van der Waals surface area contributed by atoms with E-state index >= 15 is 0 Å². The van der Waals surface area contributed by atoms with Gasteiger partial charge in [0.25, 0.3) is 0 Å². The minimum atomic E-state index is -1.17. The molecule has 0 saturated carbocycles. The van der Waals surface area contributed by atoms with Gasteiger partial charge >= 0.3 is 5.65 Å². The van der Waals surface area contributed by atoms with Crippen LogP contribution in [0.1, 0.15) is 18.7 Å². The summed E-state index contributed by atoms with van der Waals surface area (Å²) in [6.07, 6.45) is -1.01. The summed E-state index contributed by atoms with van der Waals surface area (Å²) in [5, 5.41) is 42.0. The highest BCUT2D eigenvalue weighted by atomic mass is 16.6. The van der Waals surface area contributed by atoms with Crippen LogP contribution in [0.4, 0.5) is 5.82 Å². The van der Waals surface area contributed by atoms with E-state index in [1.165, 1.54) is 13.3 Å². The van der Waals surface area contributed by atoms with E-state index in [9.17, 15) is 20.4 Å². The molecule has 1 aliphatic rings. The molecule has 160 valence electrons. The number of anilines is 1. The average Bonchev–Trinajstić information content (AvgIpc) is 3.28. The Morgan fingerprint density at radius 2 is 1.97 bits per heavy atom. The molecule has 10 nitrogen and oxygen atoms in total. The monoisotopic (exact) mass is 415 g/mol. The molecule has 0 unspecified atom stereocenters. The summed E-state index contributed by atoms with van der Waals surface area (Å²) < 4.78 is 7.16. The number of hydrogen-bond acceptors (Lipinski definition) is 8. The predicted molar refractivity (Wildman–Crippen MR) is 106 cm³/mol. The molecule has 2 aromatic heterocycles. The Bertz CT molecular complexity index is 976. The molecule has 1 aromatic carbocycles. The number of aromatic amines is 1. The Kier molecular flexibility index (Phi) is 6.95. The molecule has 3 aromatic rings. The summed E-state index contributed by atoms with van der Waals surface area (Å²) in [6, 6.07) is 9.92. The molecule has 3 heterocycles. The smallest absolute Gasteiger partial charge is 0.309 e. The van der Waals surface area contributed by atoms with E-state index in [2.05, 4.69) is 26.8 Å². The number of allylic oxidation sites excluding steroid dienone is 1. The van der Waals surface area contributed by atoms with Crippen molar-refractivity contribution in [2.45, 2.75) is 38.0 Å². The van der Waals surface area contributed by atoms with Crippen LogP contribution in [0.2, 0.25) is 0 Å². The number of fused-ring (bicyclic) bond motifs is 1. The first kappa shape index (κ1) is 21.7. The van der Waals surface area contributed by atoms with Gasteiger partial charge in [0.2, 0.25) is 11.7 Å². The van der Waals surface area contributed by atoms with Gasteiger partial charge in [-0.05, 0) is 5.56 Å². The maximum Gasteiger partial charge on any atom is 0.309 e. The van der Waals surface area contributed by atoms with Crippen molar-refractivity contribution in [1.82, 2.24) is 15.0 Å². The van der Waals surface area contributed by atoms with E-state index < -0.39 is 24.5 Å². The van der Waals surface area contributed by atoms with Crippen molar-refractivity contribution in [3.8, 4) is 0 Å². The lowest BCUT2D eigenvalue weighted by molar-refractivity contribution is -0.745. The van der Waals surface area contributed by atoms with Gasteiger partial charge in [0.05, 0.1) is 6.61 Å². The highest BCUT2D eigenvalue weighted by Gasteiger charge is 2.46. The van der Waals surface area contributed by atoms with Crippen molar-refractivity contribution in [2.75, 3.05) is 11.9 Å². The number of nitrogens with one attached hydrogen (secondary N) is 2. The fraction of sp³-hybridized carbons (Fsp3) is 0.350. The Balaban J connectivity index is 0.000000589. The summed E-state index contributed by atoms with van der Waals surface area (Å²) in [5.74, 6) is 0.532. The van der Waals surface area contributed by atoms with E-state index in [4.69, 9.17) is 4.74 Å². The summed E-state index contributed by atoms with van der Waals surface area (Å²) >= 11 is 0. The first-order valence-corrected chi connectivity index (χ1v) is 9.38. The summed E-state index contributed by atoms with van der Waals surface area (Å²) in [5.41, 5.74) is 2.29. The van der Waals surface area contributed by atoms with Gasteiger partial charge < -0.3 is 30.5 Å². The van der Waals surface area contributed by atoms with Gasteiger partial charge in [-0.15, -0.1) is 12.3 Å². The highest BCUT2D eigenvalue weighted by Crippen LogP contribution is 2.27. The molecule has 4 atom stereocenters. The van der Waals surface area contributed by atoms with E-state index in [1.54, 1.807) is 10.9 Å². The number of imidazole rings is 1. The quantitative estimate of drug-likeness (QED) is 0.272. The van der Waals surface area contributed by atoms with Gasteiger partial charge in [-0.3, -0.25) is 4.98 Å². The molecule has 0 aliphatic carbocycles. The molecule has 10 heteroatoms. The standard InChI is InChI=1S/C17H19N5O4.C3H6O/c23-7-11-13(24)14(25)17(26-11)22-9-21-12-15(19-8-20-16(12)22)18-6-10-4-2-1-3-5-10;1-3(2)4/h1-5,8-9,11,13-14,17,23-25H,6-7H2,(H,18,19,20);4H,1H2,2H3/t11-,13+,14+,17-;/m1./s1. The Morgan fingerprint density at radius 1 is 1.27 bits per heavy atom. The van der Waals surface area contributed by atoms with Gasteiger partial charge in [0, 0.05) is 6.54 Å². The maximum atomic E-state index is 10.2. The predicted octanol–water partition coefficient (Wildman–Crippen LogP) is -0.651. The molecule has 0 radical (unpaired) electrons. The molecule has 4 rings (SSSR count). The molecular weight excluding hydrogens is 390 g/mol. The van der Waals surface area contributed by atoms with Crippen molar-refractivity contribution < 1.29 is 29.7 Å². The van der Waals surface area contributed by atoms with E-state index in [0.29, 0.717) is 23.5 Å². The average molecular weight is 415 g/mol. The number of ether oxygens (including phenoxy) is 1. The second kappa shape index (κ2) is 9.63. The van der Waals surface area contributed by atoms with Crippen LogP contribution in [0.3, 0.4) is 0 Å². The molecular formula is C20H25N5O5. The molecule has 5 N–H and O–H groups in total. The Labute approximate surface area is 173 Å². The topological polar surface area (TPSA) is 150 Å². The van der Waals surface area contributed by atoms with Crippen LogP contribution in [0.5, 0.6) is 0 Å². The number of aliphatic hydroxyl groups excluding tert-OH is 3. The largest absolute Gasteiger partial charge is 0.876 e. The van der Waals surface area contributed by atoms with Crippen LogP contribution < -0.4 is 15.0 Å². The normalized spacial score (nSPS) is 23.1. The van der Waals surface area contributed by atoms with Crippen molar-refractivity contribution >= 4 is 17.0 Å². The molecule has 0 amide bonds. The first-order valence-electron chi connectivity index (χ1n) is 9.38. The minimum Gasteiger partial charge on any atom is -0.876 e. The molecule has 1 saturated heterocycles. The van der Waals surface area contributed by atoms with E-state index in [1.807, 2.05) is 30.3 Å². The van der Waals surface area contributed by atoms with Crippen LogP contribution in [-0.4, -0.2) is 55.2 Å². The first-order chi connectivity index (χ1) is 14.4. The van der Waals surface area contributed by atoms with Crippen LogP contribution in [0.15, 0.2) is 55.3 Å². The van der Waals surface area contributed by atoms with Gasteiger partial charge in [-0.1, -0.05) is 42.2 Å². The summed E-state index contributed by atoms with van der Waals surface area (Å²) in [4.78, 5) is 11.6. The van der Waals surface area contributed by atoms with Crippen molar-refractivity contribution in [3.63, 3.8) is 0 Å². The molecule has 0 spiro atoms. The molecule has 1 fully saturated rings. The minimum absolute atomic E-state index is 0.0833. The zero-order valence-electron chi connectivity index (χ0n) is 16.5. The Hall–Kier alpha value is -3.05. The lowest BCUT2D eigenvalue weighted by Crippen LogP contribution is -2.45. The number of rotatable bonds is 5. The highest BCUT2D eigenvalue weighted by molar-refractivity contribution is 5.79. The van der Waals surface area contributed by atoms with Crippen LogP contribution in [0.25, 0.3) is 11.2 Å². The lowest BCUT2D eigenvalue weighted by Gasteiger charge is -2.12. The fourth-order valence-corrected chi connectivity index (χ4v) is 3.12.